The largest absolute Gasteiger partial charge is 0.483 e. The van der Waals surface area contributed by atoms with Crippen molar-refractivity contribution < 1.29 is 14.2 Å². The Hall–Kier alpha value is -1.39. The predicted molar refractivity (Wildman–Crippen MR) is 71.2 cm³/mol. The summed E-state index contributed by atoms with van der Waals surface area (Å²) in [4.78, 5) is 0. The number of halogens is 1. The van der Waals surface area contributed by atoms with Crippen molar-refractivity contribution in [3.8, 4) is 5.75 Å². The highest BCUT2D eigenvalue weighted by Gasteiger charge is 2.63. The second kappa shape index (κ2) is 3.43. The zero-order chi connectivity index (χ0) is 13.5. The normalized spacial score (nSPS) is 43.1. The highest BCUT2D eigenvalue weighted by Crippen LogP contribution is 2.59. The third kappa shape index (κ3) is 1.07. The van der Waals surface area contributed by atoms with E-state index in [0.717, 1.165) is 24.9 Å². The van der Waals surface area contributed by atoms with Crippen molar-refractivity contribution in [1.82, 2.24) is 5.32 Å². The van der Waals surface area contributed by atoms with Gasteiger partial charge in [-0.2, -0.15) is 0 Å². The summed E-state index contributed by atoms with van der Waals surface area (Å²) in [6.07, 6.45) is 4.75. The fraction of sp³-hybridized carbons (Fsp3) is 0.500. The Morgan fingerprint density at radius 3 is 3.15 bits per heavy atom. The van der Waals surface area contributed by atoms with Crippen molar-refractivity contribution in [2.45, 2.75) is 36.5 Å². The Bertz CT molecular complexity index is 644. The van der Waals surface area contributed by atoms with E-state index in [2.05, 4.69) is 11.4 Å². The van der Waals surface area contributed by atoms with Gasteiger partial charge in [-0.3, -0.25) is 0 Å². The molecule has 2 heterocycles. The van der Waals surface area contributed by atoms with E-state index in [4.69, 9.17) is 4.74 Å². The minimum Gasteiger partial charge on any atom is -0.483 e. The van der Waals surface area contributed by atoms with Gasteiger partial charge in [-0.25, -0.2) is 4.39 Å². The molecule has 1 aromatic rings. The number of aliphatic hydroxyl groups is 1. The summed E-state index contributed by atoms with van der Waals surface area (Å²) >= 11 is 0. The topological polar surface area (TPSA) is 41.5 Å². The lowest BCUT2D eigenvalue weighted by Crippen LogP contribution is -2.64. The SMILES string of the molecule is O[C@H]1C=C[C@H]2C3Cc4ccc(F)c5c4[C@@]2(CCN3)[C@H]1O5. The standard InChI is InChI=1S/C16H16FNO2/c17-10-3-1-8-7-11-9-2-4-12(19)15-16(9,5-6-18-11)13(8)14(10)20-15/h1-4,9,11-12,15,18-19H,5-7H2/t9-,11?,12-,15-,16-/m0/s1. The van der Waals surface area contributed by atoms with Crippen LogP contribution >= 0.6 is 0 Å². The summed E-state index contributed by atoms with van der Waals surface area (Å²) < 4.78 is 20.1. The van der Waals surface area contributed by atoms with E-state index in [0.29, 0.717) is 17.7 Å². The molecule has 104 valence electrons. The Morgan fingerprint density at radius 1 is 1.35 bits per heavy atom. The molecule has 0 aromatic heterocycles. The first kappa shape index (κ1) is 11.3. The number of hydrogen-bond acceptors (Lipinski definition) is 3. The Morgan fingerprint density at radius 2 is 2.25 bits per heavy atom. The lowest BCUT2D eigenvalue weighted by molar-refractivity contribution is -0.0180. The number of piperidine rings is 1. The molecule has 2 bridgehead atoms. The van der Waals surface area contributed by atoms with Crippen LogP contribution in [0.4, 0.5) is 4.39 Å². The summed E-state index contributed by atoms with van der Waals surface area (Å²) in [5, 5.41) is 13.9. The maximum atomic E-state index is 14.2. The van der Waals surface area contributed by atoms with Crippen LogP contribution in [0.25, 0.3) is 0 Å². The molecule has 1 fully saturated rings. The van der Waals surface area contributed by atoms with Crippen molar-refractivity contribution in [2.24, 2.45) is 5.92 Å². The van der Waals surface area contributed by atoms with Crippen molar-refractivity contribution in [1.29, 1.82) is 0 Å². The molecule has 5 atom stereocenters. The third-order valence-electron chi connectivity index (χ3n) is 5.65. The van der Waals surface area contributed by atoms with Crippen LogP contribution in [0.3, 0.4) is 0 Å². The van der Waals surface area contributed by atoms with Crippen LogP contribution in [0.1, 0.15) is 17.5 Å². The molecule has 2 aliphatic carbocycles. The Labute approximate surface area is 116 Å². The second-order valence-electron chi connectivity index (χ2n) is 6.41. The van der Waals surface area contributed by atoms with Gasteiger partial charge in [0.05, 0.1) is 0 Å². The molecule has 1 unspecified atom stereocenters. The first-order valence-corrected chi connectivity index (χ1v) is 7.30. The lowest BCUT2D eigenvalue weighted by atomic mass is 9.54. The Balaban J connectivity index is 1.86. The van der Waals surface area contributed by atoms with Gasteiger partial charge in [0.25, 0.3) is 0 Å². The van der Waals surface area contributed by atoms with E-state index in [9.17, 15) is 9.50 Å². The average molecular weight is 273 g/mol. The zero-order valence-electron chi connectivity index (χ0n) is 11.0. The maximum absolute atomic E-state index is 14.2. The lowest BCUT2D eigenvalue weighted by Gasteiger charge is -2.53. The number of hydrogen-bond donors (Lipinski definition) is 2. The molecule has 1 aromatic carbocycles. The zero-order valence-corrected chi connectivity index (χ0v) is 11.0. The summed E-state index contributed by atoms with van der Waals surface area (Å²) in [5.74, 6) is 0.385. The van der Waals surface area contributed by atoms with Gasteiger partial charge in [0.2, 0.25) is 0 Å². The molecule has 2 N–H and O–H groups in total. The number of benzene rings is 1. The average Bonchev–Trinajstić information content (AvgIpc) is 2.78. The van der Waals surface area contributed by atoms with Crippen molar-refractivity contribution in [3.63, 3.8) is 0 Å². The molecule has 4 aliphatic rings. The molecule has 4 heteroatoms. The van der Waals surface area contributed by atoms with Crippen molar-refractivity contribution in [3.05, 3.63) is 41.2 Å². The molecule has 3 nitrogen and oxygen atoms in total. The highest BCUT2D eigenvalue weighted by molar-refractivity contribution is 5.57. The van der Waals surface area contributed by atoms with Crippen LogP contribution in [0.15, 0.2) is 24.3 Å². The van der Waals surface area contributed by atoms with Crippen LogP contribution in [0, 0.1) is 11.7 Å². The molecule has 5 rings (SSSR count). The van der Waals surface area contributed by atoms with Gasteiger partial charge in [-0.1, -0.05) is 18.2 Å². The van der Waals surface area contributed by atoms with Gasteiger partial charge in [0.15, 0.2) is 11.6 Å². The molecular weight excluding hydrogens is 257 g/mol. The summed E-state index contributed by atoms with van der Waals surface area (Å²) in [6.45, 7) is 0.900. The molecule has 2 aliphatic heterocycles. The quantitative estimate of drug-likeness (QED) is 0.700. The number of nitrogens with one attached hydrogen (secondary N) is 1. The second-order valence-corrected chi connectivity index (χ2v) is 6.41. The summed E-state index contributed by atoms with van der Waals surface area (Å²) in [5.41, 5.74) is 1.98. The van der Waals surface area contributed by atoms with Gasteiger partial charge in [0.1, 0.15) is 12.2 Å². The fourth-order valence-corrected chi connectivity index (χ4v) is 4.96. The van der Waals surface area contributed by atoms with E-state index < -0.39 is 6.10 Å². The summed E-state index contributed by atoms with van der Waals surface area (Å²) in [7, 11) is 0. The van der Waals surface area contributed by atoms with Crippen LogP contribution in [0.5, 0.6) is 5.75 Å². The van der Waals surface area contributed by atoms with Crippen LogP contribution in [-0.4, -0.2) is 29.9 Å². The third-order valence-corrected chi connectivity index (χ3v) is 5.65. The van der Waals surface area contributed by atoms with Gasteiger partial charge < -0.3 is 15.2 Å². The fourth-order valence-electron chi connectivity index (χ4n) is 4.96. The first-order chi connectivity index (χ1) is 9.72. The number of ether oxygens (including phenoxy) is 1. The smallest absolute Gasteiger partial charge is 0.165 e. The molecule has 1 saturated heterocycles. The molecule has 0 radical (unpaired) electrons. The highest BCUT2D eigenvalue weighted by atomic mass is 19.1. The van der Waals surface area contributed by atoms with Crippen LogP contribution < -0.4 is 10.1 Å². The van der Waals surface area contributed by atoms with Crippen molar-refractivity contribution >= 4 is 0 Å². The van der Waals surface area contributed by atoms with Gasteiger partial charge in [0, 0.05) is 22.9 Å². The van der Waals surface area contributed by atoms with E-state index in [1.165, 1.54) is 11.6 Å². The van der Waals surface area contributed by atoms with E-state index in [1.54, 1.807) is 0 Å². The summed E-state index contributed by atoms with van der Waals surface area (Å²) in [6, 6.07) is 3.75. The molecular formula is C16H16FNO2. The molecule has 20 heavy (non-hydrogen) atoms. The maximum Gasteiger partial charge on any atom is 0.165 e. The molecule has 1 spiro atoms. The predicted octanol–water partition coefficient (Wildman–Crippen LogP) is 1.29. The van der Waals surface area contributed by atoms with E-state index >= 15 is 0 Å². The van der Waals surface area contributed by atoms with E-state index in [-0.39, 0.29) is 17.3 Å². The van der Waals surface area contributed by atoms with Gasteiger partial charge in [-0.15, -0.1) is 0 Å². The van der Waals surface area contributed by atoms with Gasteiger partial charge in [-0.05, 0) is 31.0 Å². The monoisotopic (exact) mass is 273 g/mol. The minimum atomic E-state index is -0.650. The van der Waals surface area contributed by atoms with Crippen LogP contribution in [0.2, 0.25) is 0 Å². The number of rotatable bonds is 0. The Kier molecular flexibility index (Phi) is 1.94. The minimum absolute atomic E-state index is 0.241. The van der Waals surface area contributed by atoms with Gasteiger partial charge >= 0.3 is 0 Å². The van der Waals surface area contributed by atoms with E-state index in [1.807, 2.05) is 12.1 Å². The molecule has 0 amide bonds. The number of aliphatic hydroxyl groups excluding tert-OH is 1. The van der Waals surface area contributed by atoms with Crippen molar-refractivity contribution in [2.75, 3.05) is 6.54 Å². The van der Waals surface area contributed by atoms with Crippen LogP contribution in [-0.2, 0) is 11.8 Å². The first-order valence-electron chi connectivity index (χ1n) is 7.30. The molecule has 0 saturated carbocycles.